The number of carboxylic acids is 1. The highest BCUT2D eigenvalue weighted by molar-refractivity contribution is 5.80. The lowest BCUT2D eigenvalue weighted by molar-refractivity contribution is -0.144. The van der Waals surface area contributed by atoms with Crippen molar-refractivity contribution in [2.24, 2.45) is 5.92 Å². The summed E-state index contributed by atoms with van der Waals surface area (Å²) in [6.45, 7) is 4.37. The third kappa shape index (κ3) is 5.99. The number of fused-ring (bicyclic) bond motifs is 1. The number of hydrogen-bond donors (Lipinski definition) is 2. The van der Waals surface area contributed by atoms with Gasteiger partial charge in [0.2, 0.25) is 24.4 Å². The summed E-state index contributed by atoms with van der Waals surface area (Å²) < 4.78 is 16.6. The van der Waals surface area contributed by atoms with Crippen LogP contribution in [-0.2, 0) is 14.4 Å². The Morgan fingerprint density at radius 3 is 2.66 bits per heavy atom. The fraction of sp³-hybridized carbons (Fsp3) is 0.667. The molecule has 0 radical (unpaired) electrons. The molecular formula is C27H39N3O8. The standard InChI is InChI=1S/C27H39N3O8/c1-3-4-8-28(10-6-11-31)24(33)16-30-14-19(18-12-21(36-2)26-22(13-18)37-17-38-26)25(27(34)35)20(30)15-29-9-5-7-23(29)32/h12-13,19-20,25,31H,3-11,14-17H2,1-2H3,(H,34,35). The largest absolute Gasteiger partial charge is 0.493 e. The van der Waals surface area contributed by atoms with Crippen LogP contribution in [0.4, 0.5) is 0 Å². The number of carbonyl (C=O) groups is 3. The summed E-state index contributed by atoms with van der Waals surface area (Å²) in [5.74, 6) is -0.896. The molecule has 0 aliphatic carbocycles. The van der Waals surface area contributed by atoms with Crippen LogP contribution in [0.2, 0.25) is 0 Å². The van der Waals surface area contributed by atoms with Crippen molar-refractivity contribution in [1.29, 1.82) is 0 Å². The van der Waals surface area contributed by atoms with Gasteiger partial charge in [-0.3, -0.25) is 19.3 Å². The first kappa shape index (κ1) is 28.0. The Morgan fingerprint density at radius 2 is 2.00 bits per heavy atom. The number of aliphatic carboxylic acids is 1. The van der Waals surface area contributed by atoms with E-state index in [0.29, 0.717) is 56.3 Å². The lowest BCUT2D eigenvalue weighted by Gasteiger charge is -2.32. The third-order valence-electron chi connectivity index (χ3n) is 7.78. The molecule has 2 saturated heterocycles. The van der Waals surface area contributed by atoms with E-state index in [-0.39, 0.29) is 38.3 Å². The SMILES string of the molecule is CCCCN(CCCO)C(=O)CN1CC(c2cc(OC)c3c(c2)OCO3)C(C(=O)O)C1CN1CCCC1=O. The summed E-state index contributed by atoms with van der Waals surface area (Å²) >= 11 is 0. The number of aliphatic hydroxyl groups is 1. The minimum Gasteiger partial charge on any atom is -0.493 e. The van der Waals surface area contributed by atoms with Crippen molar-refractivity contribution in [2.75, 3.05) is 59.8 Å². The molecule has 0 saturated carbocycles. The number of methoxy groups -OCH3 is 1. The number of carboxylic acid groups (broad SMARTS) is 1. The molecule has 0 spiro atoms. The van der Waals surface area contributed by atoms with Crippen LogP contribution >= 0.6 is 0 Å². The Kier molecular flexibility index (Phi) is 9.32. The number of likely N-dealkylation sites (tertiary alicyclic amines) is 2. The maximum Gasteiger partial charge on any atom is 0.308 e. The van der Waals surface area contributed by atoms with Gasteiger partial charge in [0.05, 0.1) is 19.6 Å². The minimum absolute atomic E-state index is 0.00553. The quantitative estimate of drug-likeness (QED) is 0.388. The van der Waals surface area contributed by atoms with Gasteiger partial charge in [-0.05, 0) is 37.0 Å². The van der Waals surface area contributed by atoms with Gasteiger partial charge >= 0.3 is 5.97 Å². The molecule has 3 atom stereocenters. The summed E-state index contributed by atoms with van der Waals surface area (Å²) in [6, 6.07) is 3.04. The van der Waals surface area contributed by atoms with Gasteiger partial charge in [0.1, 0.15) is 0 Å². The number of nitrogens with zero attached hydrogens (tertiary/aromatic N) is 3. The zero-order valence-electron chi connectivity index (χ0n) is 22.3. The van der Waals surface area contributed by atoms with Crippen molar-refractivity contribution in [1.82, 2.24) is 14.7 Å². The molecule has 2 amide bonds. The van der Waals surface area contributed by atoms with Gasteiger partial charge in [0.15, 0.2) is 11.5 Å². The van der Waals surface area contributed by atoms with Crippen LogP contribution in [0.15, 0.2) is 12.1 Å². The number of ether oxygens (including phenoxy) is 3. The Labute approximate surface area is 223 Å². The molecule has 3 aliphatic rings. The van der Waals surface area contributed by atoms with Gasteiger partial charge in [-0.15, -0.1) is 0 Å². The molecular weight excluding hydrogens is 494 g/mol. The molecule has 0 bridgehead atoms. The average Bonchev–Trinajstić information content (AvgIpc) is 3.63. The van der Waals surface area contributed by atoms with Crippen LogP contribution < -0.4 is 14.2 Å². The van der Waals surface area contributed by atoms with E-state index in [2.05, 4.69) is 6.92 Å². The second-order valence-electron chi connectivity index (χ2n) is 10.2. The van der Waals surface area contributed by atoms with E-state index in [0.717, 1.165) is 24.8 Å². The van der Waals surface area contributed by atoms with Crippen molar-refractivity contribution in [3.8, 4) is 17.2 Å². The molecule has 4 rings (SSSR count). The topological polar surface area (TPSA) is 129 Å². The van der Waals surface area contributed by atoms with E-state index in [9.17, 15) is 24.6 Å². The zero-order valence-corrected chi connectivity index (χ0v) is 22.3. The molecule has 1 aromatic rings. The predicted octanol–water partition coefficient (Wildman–Crippen LogP) is 1.53. The number of benzene rings is 1. The Morgan fingerprint density at radius 1 is 1.21 bits per heavy atom. The first-order valence-corrected chi connectivity index (χ1v) is 13.5. The first-order chi connectivity index (χ1) is 18.4. The Hall–Kier alpha value is -3.05. The molecule has 38 heavy (non-hydrogen) atoms. The molecule has 2 fully saturated rings. The second kappa shape index (κ2) is 12.7. The summed E-state index contributed by atoms with van der Waals surface area (Å²) in [4.78, 5) is 44.1. The highest BCUT2D eigenvalue weighted by Crippen LogP contribution is 2.47. The van der Waals surface area contributed by atoms with Gasteiger partial charge in [-0.25, -0.2) is 0 Å². The summed E-state index contributed by atoms with van der Waals surface area (Å²) in [5.41, 5.74) is 0.731. The van der Waals surface area contributed by atoms with Gasteiger partial charge in [0.25, 0.3) is 0 Å². The van der Waals surface area contributed by atoms with Crippen molar-refractivity contribution in [3.63, 3.8) is 0 Å². The van der Waals surface area contributed by atoms with Crippen LogP contribution in [0, 0.1) is 5.92 Å². The Balaban J connectivity index is 1.64. The van der Waals surface area contributed by atoms with Gasteiger partial charge in [-0.1, -0.05) is 13.3 Å². The molecule has 11 nitrogen and oxygen atoms in total. The summed E-state index contributed by atoms with van der Waals surface area (Å²) in [5, 5.41) is 19.7. The number of hydrogen-bond acceptors (Lipinski definition) is 8. The number of aliphatic hydroxyl groups excluding tert-OH is 1. The van der Waals surface area contributed by atoms with Crippen LogP contribution in [0.1, 0.15) is 50.5 Å². The zero-order chi connectivity index (χ0) is 27.2. The first-order valence-electron chi connectivity index (χ1n) is 13.5. The molecule has 3 heterocycles. The van der Waals surface area contributed by atoms with Gasteiger partial charge in [0, 0.05) is 57.7 Å². The minimum atomic E-state index is -0.971. The van der Waals surface area contributed by atoms with E-state index >= 15 is 0 Å². The monoisotopic (exact) mass is 533 g/mol. The third-order valence-corrected chi connectivity index (χ3v) is 7.78. The smallest absolute Gasteiger partial charge is 0.308 e. The number of amides is 2. The molecule has 0 aromatic heterocycles. The van der Waals surface area contributed by atoms with Crippen molar-refractivity contribution < 1.29 is 38.8 Å². The summed E-state index contributed by atoms with van der Waals surface area (Å²) in [7, 11) is 1.52. The van der Waals surface area contributed by atoms with Gasteiger partial charge < -0.3 is 34.2 Å². The lowest BCUT2D eigenvalue weighted by atomic mass is 9.84. The number of carbonyl (C=O) groups excluding carboxylic acids is 2. The highest BCUT2D eigenvalue weighted by atomic mass is 16.7. The van der Waals surface area contributed by atoms with Gasteiger partial charge in [-0.2, -0.15) is 0 Å². The van der Waals surface area contributed by atoms with Crippen LogP contribution in [0.5, 0.6) is 17.2 Å². The van der Waals surface area contributed by atoms with Crippen LogP contribution in [0.25, 0.3) is 0 Å². The van der Waals surface area contributed by atoms with Crippen molar-refractivity contribution in [3.05, 3.63) is 17.7 Å². The Bertz CT molecular complexity index is 1010. The fourth-order valence-corrected chi connectivity index (χ4v) is 5.79. The van der Waals surface area contributed by atoms with Crippen LogP contribution in [-0.4, -0.2) is 109 Å². The molecule has 1 aromatic carbocycles. The number of unbranched alkanes of at least 4 members (excludes halogenated alkanes) is 1. The predicted molar refractivity (Wildman–Crippen MR) is 137 cm³/mol. The normalized spacial score (nSPS) is 22.8. The van der Waals surface area contributed by atoms with E-state index < -0.39 is 23.8 Å². The van der Waals surface area contributed by atoms with E-state index in [4.69, 9.17) is 14.2 Å². The van der Waals surface area contributed by atoms with E-state index in [1.54, 1.807) is 21.9 Å². The highest BCUT2D eigenvalue weighted by Gasteiger charge is 2.49. The maximum absolute atomic E-state index is 13.4. The maximum atomic E-state index is 13.4. The molecule has 2 N–H and O–H groups in total. The molecule has 210 valence electrons. The molecule has 3 aliphatic heterocycles. The van der Waals surface area contributed by atoms with Crippen molar-refractivity contribution in [2.45, 2.75) is 51.0 Å². The molecule has 11 heteroatoms. The fourth-order valence-electron chi connectivity index (χ4n) is 5.79. The lowest BCUT2D eigenvalue weighted by Crippen LogP contribution is -2.49. The average molecular weight is 534 g/mol. The molecule has 3 unspecified atom stereocenters. The van der Waals surface area contributed by atoms with E-state index in [1.165, 1.54) is 7.11 Å². The summed E-state index contributed by atoms with van der Waals surface area (Å²) in [6.07, 6.45) is 3.47. The van der Waals surface area contributed by atoms with E-state index in [1.807, 2.05) is 4.90 Å². The number of rotatable bonds is 13. The van der Waals surface area contributed by atoms with Crippen molar-refractivity contribution >= 4 is 17.8 Å². The second-order valence-corrected chi connectivity index (χ2v) is 10.2. The van der Waals surface area contributed by atoms with Crippen LogP contribution in [0.3, 0.4) is 0 Å².